The molecule has 6 rings (SSSR count). The highest BCUT2D eigenvalue weighted by molar-refractivity contribution is 5.83. The molecule has 1 aliphatic heterocycles. The van der Waals surface area contributed by atoms with Crippen molar-refractivity contribution in [3.63, 3.8) is 0 Å². The Morgan fingerprint density at radius 2 is 1.94 bits per heavy atom. The van der Waals surface area contributed by atoms with E-state index in [4.69, 9.17) is 15.1 Å². The maximum absolute atomic E-state index is 13.6. The molecule has 1 N–H and O–H groups in total. The lowest BCUT2D eigenvalue weighted by atomic mass is 9.88. The van der Waals surface area contributed by atoms with Crippen LogP contribution in [0.5, 0.6) is 0 Å². The number of H-pyrrole nitrogens is 1. The van der Waals surface area contributed by atoms with Crippen LogP contribution < -0.4 is 0 Å². The Morgan fingerprint density at radius 3 is 2.79 bits per heavy atom. The summed E-state index contributed by atoms with van der Waals surface area (Å²) in [5.41, 5.74) is 7.63. The van der Waals surface area contributed by atoms with Crippen molar-refractivity contribution < 1.29 is 4.39 Å². The van der Waals surface area contributed by atoms with Gasteiger partial charge in [0, 0.05) is 29.9 Å². The van der Waals surface area contributed by atoms with Crippen molar-refractivity contribution >= 4 is 11.0 Å². The minimum atomic E-state index is -0.207. The largest absolute Gasteiger partial charge is 0.351 e. The fourth-order valence-electron chi connectivity index (χ4n) is 4.78. The molecule has 164 valence electrons. The van der Waals surface area contributed by atoms with Crippen LogP contribution in [0, 0.1) is 19.7 Å². The summed E-state index contributed by atoms with van der Waals surface area (Å²) in [6, 6.07) is 15.1. The van der Waals surface area contributed by atoms with Crippen LogP contribution >= 0.6 is 0 Å². The number of benzene rings is 1. The van der Waals surface area contributed by atoms with Gasteiger partial charge < -0.3 is 4.98 Å². The number of hydrogen-bond acceptors (Lipinski definition) is 4. The average molecular weight is 439 g/mol. The first kappa shape index (κ1) is 19.8. The summed E-state index contributed by atoms with van der Waals surface area (Å²) in [4.78, 5) is 17.5. The first-order valence-electron chi connectivity index (χ1n) is 11.2. The fourth-order valence-corrected chi connectivity index (χ4v) is 4.78. The second kappa shape index (κ2) is 7.62. The summed E-state index contributed by atoms with van der Waals surface area (Å²) < 4.78 is 15.6. The van der Waals surface area contributed by atoms with Crippen molar-refractivity contribution in [1.82, 2.24) is 29.7 Å². The highest BCUT2D eigenvalue weighted by Gasteiger charge is 2.27. The highest BCUT2D eigenvalue weighted by atomic mass is 19.1. The molecule has 0 saturated carbocycles. The van der Waals surface area contributed by atoms with Gasteiger partial charge in [0.05, 0.1) is 22.4 Å². The molecule has 0 radical (unpaired) electrons. The Bertz CT molecular complexity index is 1500. The van der Waals surface area contributed by atoms with E-state index in [9.17, 15) is 4.39 Å². The molecule has 6 nitrogen and oxygen atoms in total. The summed E-state index contributed by atoms with van der Waals surface area (Å²) in [7, 11) is 0. The number of nitrogens with zero attached hydrogens (tertiary/aromatic N) is 5. The number of nitrogens with one attached hydrogen (secondary N) is 1. The van der Waals surface area contributed by atoms with E-state index in [1.54, 1.807) is 12.3 Å². The molecule has 4 aromatic heterocycles. The Balaban J connectivity index is 1.38. The molecule has 0 aliphatic carbocycles. The highest BCUT2D eigenvalue weighted by Crippen LogP contribution is 2.35. The van der Waals surface area contributed by atoms with E-state index >= 15 is 0 Å². The second-order valence-electron chi connectivity index (χ2n) is 8.71. The van der Waals surface area contributed by atoms with Gasteiger partial charge >= 0.3 is 0 Å². The molecule has 0 fully saturated rings. The lowest BCUT2D eigenvalue weighted by Gasteiger charge is -2.23. The van der Waals surface area contributed by atoms with Crippen LogP contribution in [0.3, 0.4) is 0 Å². The number of fused-ring (bicyclic) bond motifs is 2. The molecule has 1 atom stereocenters. The molecule has 5 heterocycles. The Kier molecular flexibility index (Phi) is 4.57. The first-order chi connectivity index (χ1) is 16.0. The number of aromatic amines is 1. The van der Waals surface area contributed by atoms with Crippen molar-refractivity contribution in [1.29, 1.82) is 0 Å². The summed E-state index contributed by atoms with van der Waals surface area (Å²) in [6.07, 6.45) is 3.80. The quantitative estimate of drug-likeness (QED) is 0.400. The molecule has 1 aromatic carbocycles. The second-order valence-corrected chi connectivity index (χ2v) is 8.71. The van der Waals surface area contributed by atoms with Crippen molar-refractivity contribution in [3.8, 4) is 22.8 Å². The molecule has 0 amide bonds. The summed E-state index contributed by atoms with van der Waals surface area (Å²) in [6.45, 7) is 4.77. The summed E-state index contributed by atoms with van der Waals surface area (Å²) >= 11 is 0. The number of aromatic nitrogens is 6. The van der Waals surface area contributed by atoms with Crippen LogP contribution in [0.2, 0.25) is 0 Å². The van der Waals surface area contributed by atoms with Gasteiger partial charge in [-0.1, -0.05) is 6.07 Å². The van der Waals surface area contributed by atoms with E-state index in [2.05, 4.69) is 9.97 Å². The summed E-state index contributed by atoms with van der Waals surface area (Å²) in [5.74, 6) is 1.51. The van der Waals surface area contributed by atoms with Gasteiger partial charge in [-0.15, -0.1) is 5.10 Å². The van der Waals surface area contributed by atoms with E-state index in [0.717, 1.165) is 70.0 Å². The van der Waals surface area contributed by atoms with Gasteiger partial charge in [0.2, 0.25) is 0 Å². The van der Waals surface area contributed by atoms with E-state index in [1.807, 2.05) is 54.9 Å². The standard InChI is InChI=1S/C26H23FN6/c1-15-12-18(27)5-6-19(15)20-4-3-11-33-26(20)31-25(32-33)24-14-23-22(30-24)8-7-21(29-23)17-9-10-28-16(2)13-17/h5-10,12-14,20,30H,3-4,11H2,1-2H3. The van der Waals surface area contributed by atoms with Crippen LogP contribution in [0.4, 0.5) is 4.39 Å². The van der Waals surface area contributed by atoms with E-state index in [-0.39, 0.29) is 11.7 Å². The lowest BCUT2D eigenvalue weighted by Crippen LogP contribution is -2.18. The van der Waals surface area contributed by atoms with Crippen molar-refractivity contribution in [2.24, 2.45) is 0 Å². The molecule has 0 saturated heterocycles. The molecule has 7 heteroatoms. The van der Waals surface area contributed by atoms with E-state index < -0.39 is 0 Å². The number of rotatable bonds is 3. The van der Waals surface area contributed by atoms with E-state index in [0.29, 0.717) is 5.82 Å². The first-order valence-corrected chi connectivity index (χ1v) is 11.2. The number of halogens is 1. The van der Waals surface area contributed by atoms with Gasteiger partial charge in [0.1, 0.15) is 11.6 Å². The predicted octanol–water partition coefficient (Wildman–Crippen LogP) is 5.57. The van der Waals surface area contributed by atoms with Crippen LogP contribution in [-0.4, -0.2) is 29.7 Å². The molecular formula is C26H23FN6. The third kappa shape index (κ3) is 3.50. The minimum Gasteiger partial charge on any atom is -0.351 e. The minimum absolute atomic E-state index is 0.115. The van der Waals surface area contributed by atoms with Gasteiger partial charge in [-0.05, 0) is 80.3 Å². The Labute approximate surface area is 190 Å². The van der Waals surface area contributed by atoms with Crippen molar-refractivity contribution in [2.75, 3.05) is 0 Å². The maximum atomic E-state index is 13.6. The molecule has 0 bridgehead atoms. The van der Waals surface area contributed by atoms with Gasteiger partial charge in [0.25, 0.3) is 0 Å². The molecule has 1 unspecified atom stereocenters. The Morgan fingerprint density at radius 1 is 1.03 bits per heavy atom. The zero-order valence-electron chi connectivity index (χ0n) is 18.5. The zero-order valence-corrected chi connectivity index (χ0v) is 18.5. The van der Waals surface area contributed by atoms with Gasteiger partial charge in [-0.3, -0.25) is 4.98 Å². The van der Waals surface area contributed by atoms with Crippen LogP contribution in [0.25, 0.3) is 33.8 Å². The van der Waals surface area contributed by atoms with Gasteiger partial charge in [0.15, 0.2) is 5.82 Å². The normalized spacial score (nSPS) is 15.7. The molecule has 0 spiro atoms. The Hall–Kier alpha value is -3.87. The van der Waals surface area contributed by atoms with Gasteiger partial charge in [-0.2, -0.15) is 0 Å². The number of aryl methyl sites for hydroxylation is 3. The third-order valence-corrected chi connectivity index (χ3v) is 6.39. The van der Waals surface area contributed by atoms with Crippen LogP contribution in [0.1, 0.15) is 41.4 Å². The maximum Gasteiger partial charge on any atom is 0.197 e. The molecule has 33 heavy (non-hydrogen) atoms. The number of hydrogen-bond donors (Lipinski definition) is 1. The number of pyridine rings is 2. The van der Waals surface area contributed by atoms with Crippen molar-refractivity contribution in [3.05, 3.63) is 83.2 Å². The SMILES string of the molecule is Cc1cc(-c2ccc3[nH]c(-c4nc5n(n4)CCCC5c4ccc(F)cc4C)cc3n2)ccn1. The summed E-state index contributed by atoms with van der Waals surface area (Å²) in [5, 5.41) is 4.80. The molecule has 5 aromatic rings. The van der Waals surface area contributed by atoms with Gasteiger partial charge in [-0.25, -0.2) is 19.0 Å². The average Bonchev–Trinajstić information content (AvgIpc) is 3.43. The zero-order chi connectivity index (χ0) is 22.5. The van der Waals surface area contributed by atoms with Crippen LogP contribution in [0.15, 0.2) is 54.7 Å². The predicted molar refractivity (Wildman–Crippen MR) is 125 cm³/mol. The van der Waals surface area contributed by atoms with E-state index in [1.165, 1.54) is 6.07 Å². The fraction of sp³-hybridized carbons (Fsp3) is 0.231. The topological polar surface area (TPSA) is 72.3 Å². The van der Waals surface area contributed by atoms with Crippen molar-refractivity contribution in [2.45, 2.75) is 39.2 Å². The molecular weight excluding hydrogens is 415 g/mol. The van der Waals surface area contributed by atoms with Crippen LogP contribution in [-0.2, 0) is 6.54 Å². The smallest absolute Gasteiger partial charge is 0.197 e. The lowest BCUT2D eigenvalue weighted by molar-refractivity contribution is 0.445. The molecule has 1 aliphatic rings. The third-order valence-electron chi connectivity index (χ3n) is 6.39. The monoisotopic (exact) mass is 438 g/mol.